The summed E-state index contributed by atoms with van der Waals surface area (Å²) in [4.78, 5) is 20.6. The third-order valence-corrected chi connectivity index (χ3v) is 3.82. The number of hydrogen-bond donors (Lipinski definition) is 0. The zero-order valence-electron chi connectivity index (χ0n) is 8.01. The molecule has 15 heavy (non-hydrogen) atoms. The Hall–Kier alpha value is -1.20. The van der Waals surface area contributed by atoms with Gasteiger partial charge in [0.25, 0.3) is 0 Å². The number of thiazole rings is 1. The molecule has 0 radical (unpaired) electrons. The van der Waals surface area contributed by atoms with Crippen molar-refractivity contribution in [2.24, 2.45) is 0 Å². The summed E-state index contributed by atoms with van der Waals surface area (Å²) >= 11 is 2.96. The first-order chi connectivity index (χ1) is 7.31. The maximum absolute atomic E-state index is 11.9. The normalized spacial score (nSPS) is 10.2. The van der Waals surface area contributed by atoms with Gasteiger partial charge in [-0.2, -0.15) is 0 Å². The van der Waals surface area contributed by atoms with Crippen molar-refractivity contribution in [3.8, 4) is 0 Å². The SMILES string of the molecule is CSc1ncc(C(=O)c2ccncc2)s1. The summed E-state index contributed by atoms with van der Waals surface area (Å²) in [6.07, 6.45) is 6.80. The molecule has 2 aromatic rings. The molecule has 0 aliphatic heterocycles. The van der Waals surface area contributed by atoms with E-state index in [0.29, 0.717) is 10.4 Å². The van der Waals surface area contributed by atoms with E-state index in [1.165, 1.54) is 11.3 Å². The lowest BCUT2D eigenvalue weighted by atomic mass is 10.1. The molecule has 0 bridgehead atoms. The van der Waals surface area contributed by atoms with E-state index in [0.717, 1.165) is 4.34 Å². The first-order valence-electron chi connectivity index (χ1n) is 4.26. The standard InChI is InChI=1S/C10H8N2OS2/c1-14-10-12-6-8(15-10)9(13)7-2-4-11-5-3-7/h2-6H,1H3. The number of hydrogen-bond acceptors (Lipinski definition) is 5. The van der Waals surface area contributed by atoms with Crippen molar-refractivity contribution in [2.45, 2.75) is 4.34 Å². The Morgan fingerprint density at radius 3 is 2.73 bits per heavy atom. The minimum atomic E-state index is 0.00944. The first-order valence-corrected chi connectivity index (χ1v) is 6.30. The van der Waals surface area contributed by atoms with Gasteiger partial charge in [-0.3, -0.25) is 9.78 Å². The molecule has 0 N–H and O–H groups in total. The second kappa shape index (κ2) is 4.55. The maximum atomic E-state index is 11.9. The van der Waals surface area contributed by atoms with E-state index in [-0.39, 0.29) is 5.78 Å². The fourth-order valence-electron chi connectivity index (χ4n) is 1.10. The van der Waals surface area contributed by atoms with Crippen LogP contribution in [-0.2, 0) is 0 Å². The minimum Gasteiger partial charge on any atom is -0.288 e. The van der Waals surface area contributed by atoms with Crippen LogP contribution in [0.25, 0.3) is 0 Å². The molecule has 0 aliphatic rings. The monoisotopic (exact) mass is 236 g/mol. The van der Waals surface area contributed by atoms with Crippen molar-refractivity contribution in [1.29, 1.82) is 0 Å². The van der Waals surface area contributed by atoms with Crippen molar-refractivity contribution in [3.05, 3.63) is 41.2 Å². The van der Waals surface area contributed by atoms with Crippen molar-refractivity contribution in [2.75, 3.05) is 6.26 Å². The maximum Gasteiger partial charge on any atom is 0.204 e. The van der Waals surface area contributed by atoms with Gasteiger partial charge in [-0.1, -0.05) is 11.8 Å². The van der Waals surface area contributed by atoms with Crippen LogP contribution in [-0.4, -0.2) is 22.0 Å². The second-order valence-electron chi connectivity index (χ2n) is 2.76. The number of rotatable bonds is 3. The number of carbonyl (C=O) groups is 1. The van der Waals surface area contributed by atoms with Crippen LogP contribution in [0, 0.1) is 0 Å². The average molecular weight is 236 g/mol. The van der Waals surface area contributed by atoms with Crippen LogP contribution in [0.2, 0.25) is 0 Å². The van der Waals surface area contributed by atoms with E-state index in [2.05, 4.69) is 9.97 Å². The Balaban J connectivity index is 2.29. The fraction of sp³-hybridized carbons (Fsp3) is 0.100. The Morgan fingerprint density at radius 2 is 2.13 bits per heavy atom. The van der Waals surface area contributed by atoms with Crippen LogP contribution in [0.3, 0.4) is 0 Å². The number of thioether (sulfide) groups is 1. The van der Waals surface area contributed by atoms with Crippen LogP contribution in [0.4, 0.5) is 0 Å². The quantitative estimate of drug-likeness (QED) is 0.606. The molecule has 5 heteroatoms. The number of carbonyl (C=O) groups excluding carboxylic acids is 1. The fourth-order valence-corrected chi connectivity index (χ4v) is 2.47. The number of ketones is 1. The summed E-state index contributed by atoms with van der Waals surface area (Å²) in [5.41, 5.74) is 0.654. The molecule has 0 fully saturated rings. The molecular formula is C10H8N2OS2. The van der Waals surface area contributed by atoms with E-state index in [9.17, 15) is 4.79 Å². The van der Waals surface area contributed by atoms with Gasteiger partial charge >= 0.3 is 0 Å². The molecule has 0 atom stereocenters. The molecule has 0 saturated carbocycles. The highest BCUT2D eigenvalue weighted by atomic mass is 32.2. The topological polar surface area (TPSA) is 42.9 Å². The van der Waals surface area contributed by atoms with Gasteiger partial charge in [0.1, 0.15) is 4.34 Å². The number of pyridine rings is 1. The van der Waals surface area contributed by atoms with E-state index in [1.807, 2.05) is 6.26 Å². The first kappa shape index (κ1) is 10.3. The van der Waals surface area contributed by atoms with Crippen molar-refractivity contribution < 1.29 is 4.79 Å². The Bertz CT molecular complexity index is 467. The average Bonchev–Trinajstić information content (AvgIpc) is 2.78. The summed E-state index contributed by atoms with van der Waals surface area (Å²) in [5, 5.41) is 0. The van der Waals surface area contributed by atoms with E-state index < -0.39 is 0 Å². The smallest absolute Gasteiger partial charge is 0.204 e. The third kappa shape index (κ3) is 2.24. The summed E-state index contributed by atoms with van der Waals surface area (Å²) in [7, 11) is 0. The number of nitrogens with zero attached hydrogens (tertiary/aromatic N) is 2. The predicted molar refractivity (Wildman–Crippen MR) is 61.6 cm³/mol. The van der Waals surface area contributed by atoms with Crippen LogP contribution in [0.1, 0.15) is 15.2 Å². The van der Waals surface area contributed by atoms with Crippen molar-refractivity contribution in [1.82, 2.24) is 9.97 Å². The molecule has 76 valence electrons. The third-order valence-electron chi connectivity index (χ3n) is 1.83. The summed E-state index contributed by atoms with van der Waals surface area (Å²) in [5.74, 6) is 0.00944. The highest BCUT2D eigenvalue weighted by Crippen LogP contribution is 2.23. The van der Waals surface area contributed by atoms with Gasteiger partial charge in [-0.25, -0.2) is 4.98 Å². The lowest BCUT2D eigenvalue weighted by molar-refractivity contribution is 0.104. The van der Waals surface area contributed by atoms with Gasteiger partial charge in [-0.05, 0) is 18.4 Å². The molecular weight excluding hydrogens is 228 g/mol. The van der Waals surface area contributed by atoms with Gasteiger partial charge in [-0.15, -0.1) is 11.3 Å². The van der Waals surface area contributed by atoms with Crippen LogP contribution in [0.15, 0.2) is 35.1 Å². The molecule has 0 spiro atoms. The second-order valence-corrected chi connectivity index (χ2v) is 4.84. The molecule has 0 unspecified atom stereocenters. The van der Waals surface area contributed by atoms with Gasteiger partial charge in [0.05, 0.1) is 11.1 Å². The molecule has 2 aromatic heterocycles. The molecule has 3 nitrogen and oxygen atoms in total. The van der Waals surface area contributed by atoms with Gasteiger partial charge in [0, 0.05) is 18.0 Å². The molecule has 0 saturated heterocycles. The summed E-state index contributed by atoms with van der Waals surface area (Å²) in [6.45, 7) is 0. The number of aromatic nitrogens is 2. The minimum absolute atomic E-state index is 0.00944. The highest BCUT2D eigenvalue weighted by Gasteiger charge is 2.11. The predicted octanol–water partition coefficient (Wildman–Crippen LogP) is 2.49. The van der Waals surface area contributed by atoms with Crippen LogP contribution in [0.5, 0.6) is 0 Å². The van der Waals surface area contributed by atoms with E-state index in [1.54, 1.807) is 42.5 Å². The molecule has 0 aromatic carbocycles. The van der Waals surface area contributed by atoms with Crippen molar-refractivity contribution in [3.63, 3.8) is 0 Å². The molecule has 0 amide bonds. The lowest BCUT2D eigenvalue weighted by Crippen LogP contribution is -1.97. The zero-order chi connectivity index (χ0) is 10.7. The molecule has 2 heterocycles. The Morgan fingerprint density at radius 1 is 1.40 bits per heavy atom. The lowest BCUT2D eigenvalue weighted by Gasteiger charge is -1.94. The molecule has 2 rings (SSSR count). The summed E-state index contributed by atoms with van der Waals surface area (Å²) in [6, 6.07) is 3.42. The van der Waals surface area contributed by atoms with Gasteiger partial charge in [0.15, 0.2) is 0 Å². The van der Waals surface area contributed by atoms with Crippen LogP contribution >= 0.6 is 23.1 Å². The zero-order valence-corrected chi connectivity index (χ0v) is 9.64. The van der Waals surface area contributed by atoms with E-state index >= 15 is 0 Å². The Labute approximate surface area is 95.6 Å². The summed E-state index contributed by atoms with van der Waals surface area (Å²) < 4.78 is 0.910. The Kier molecular flexibility index (Phi) is 3.13. The van der Waals surface area contributed by atoms with Crippen molar-refractivity contribution >= 4 is 28.9 Å². The van der Waals surface area contributed by atoms with Crippen LogP contribution < -0.4 is 0 Å². The van der Waals surface area contributed by atoms with Gasteiger partial charge < -0.3 is 0 Å². The van der Waals surface area contributed by atoms with Gasteiger partial charge in [0.2, 0.25) is 5.78 Å². The largest absolute Gasteiger partial charge is 0.288 e. The highest BCUT2D eigenvalue weighted by molar-refractivity contribution is 8.00. The van der Waals surface area contributed by atoms with E-state index in [4.69, 9.17) is 0 Å². The molecule has 0 aliphatic carbocycles.